The summed E-state index contributed by atoms with van der Waals surface area (Å²) in [5.74, 6) is 0.742. The fourth-order valence-electron chi connectivity index (χ4n) is 1.83. The van der Waals surface area contributed by atoms with Gasteiger partial charge in [0.25, 0.3) is 0 Å². The number of carbonyl (C=O) groups excluding carboxylic acids is 1. The van der Waals surface area contributed by atoms with Crippen LogP contribution in [-0.2, 0) is 4.74 Å². The van der Waals surface area contributed by atoms with Gasteiger partial charge in [0.15, 0.2) is 0 Å². The van der Waals surface area contributed by atoms with E-state index in [9.17, 15) is 4.79 Å². The van der Waals surface area contributed by atoms with E-state index in [2.05, 4.69) is 4.90 Å². The molecule has 16 heavy (non-hydrogen) atoms. The van der Waals surface area contributed by atoms with Crippen molar-refractivity contribution in [1.29, 1.82) is 0 Å². The average molecular weight is 221 g/mol. The monoisotopic (exact) mass is 221 g/mol. The number of morpholine rings is 1. The van der Waals surface area contributed by atoms with Gasteiger partial charge in [0.05, 0.1) is 26.0 Å². The summed E-state index contributed by atoms with van der Waals surface area (Å²) in [4.78, 5) is 12.9. The molecule has 0 radical (unpaired) electrons. The molecule has 0 atom stereocenters. The van der Waals surface area contributed by atoms with Gasteiger partial charge in [-0.3, -0.25) is 4.79 Å². The SMILES string of the molecule is COc1cc(C=O)ccc1N1CCOCC1. The summed E-state index contributed by atoms with van der Waals surface area (Å²) in [6.45, 7) is 3.19. The zero-order valence-electron chi connectivity index (χ0n) is 9.31. The number of benzene rings is 1. The molecule has 1 saturated heterocycles. The lowest BCUT2D eigenvalue weighted by Crippen LogP contribution is -2.36. The second kappa shape index (κ2) is 4.99. The van der Waals surface area contributed by atoms with E-state index in [4.69, 9.17) is 9.47 Å². The molecule has 0 unspecified atom stereocenters. The molecule has 0 bridgehead atoms. The van der Waals surface area contributed by atoms with Crippen LogP contribution in [0.5, 0.6) is 5.75 Å². The third-order valence-electron chi connectivity index (χ3n) is 2.69. The maximum Gasteiger partial charge on any atom is 0.150 e. The van der Waals surface area contributed by atoms with Crippen LogP contribution in [0.25, 0.3) is 0 Å². The highest BCUT2D eigenvalue weighted by Gasteiger charge is 2.15. The molecule has 2 rings (SSSR count). The van der Waals surface area contributed by atoms with Crippen molar-refractivity contribution in [3.8, 4) is 5.75 Å². The zero-order valence-corrected chi connectivity index (χ0v) is 9.31. The number of hydrogen-bond acceptors (Lipinski definition) is 4. The van der Waals surface area contributed by atoms with E-state index in [0.717, 1.165) is 44.0 Å². The van der Waals surface area contributed by atoms with Crippen LogP contribution < -0.4 is 9.64 Å². The second-order valence-corrected chi connectivity index (χ2v) is 3.65. The van der Waals surface area contributed by atoms with Crippen LogP contribution in [-0.4, -0.2) is 39.7 Å². The van der Waals surface area contributed by atoms with Gasteiger partial charge in [-0.1, -0.05) is 0 Å². The fraction of sp³-hybridized carbons (Fsp3) is 0.417. The molecule has 0 aromatic heterocycles. The summed E-state index contributed by atoms with van der Waals surface area (Å²) in [6.07, 6.45) is 0.825. The topological polar surface area (TPSA) is 38.8 Å². The molecule has 1 heterocycles. The minimum atomic E-state index is 0.633. The molecule has 1 aromatic rings. The lowest BCUT2D eigenvalue weighted by Gasteiger charge is -2.30. The number of ether oxygens (including phenoxy) is 2. The van der Waals surface area contributed by atoms with E-state index in [1.165, 1.54) is 0 Å². The summed E-state index contributed by atoms with van der Waals surface area (Å²) in [6, 6.07) is 5.49. The lowest BCUT2D eigenvalue weighted by molar-refractivity contribution is 0.112. The first kappa shape index (κ1) is 11.0. The first-order chi connectivity index (χ1) is 7.85. The first-order valence-electron chi connectivity index (χ1n) is 5.31. The van der Waals surface area contributed by atoms with Crippen molar-refractivity contribution < 1.29 is 14.3 Å². The Labute approximate surface area is 94.8 Å². The Bertz CT molecular complexity index is 373. The Morgan fingerprint density at radius 3 is 2.75 bits per heavy atom. The van der Waals surface area contributed by atoms with Crippen molar-refractivity contribution in [2.45, 2.75) is 0 Å². The Balaban J connectivity index is 2.27. The van der Waals surface area contributed by atoms with E-state index in [1.54, 1.807) is 19.2 Å². The third kappa shape index (κ3) is 2.17. The molecule has 86 valence electrons. The number of carbonyl (C=O) groups is 1. The fourth-order valence-corrected chi connectivity index (χ4v) is 1.83. The maximum absolute atomic E-state index is 10.7. The molecule has 1 aliphatic rings. The summed E-state index contributed by atoms with van der Waals surface area (Å²) in [7, 11) is 1.62. The standard InChI is InChI=1S/C12H15NO3/c1-15-12-8-10(9-14)2-3-11(12)13-4-6-16-7-5-13/h2-3,8-9H,4-7H2,1H3. The van der Waals surface area contributed by atoms with Crippen molar-refractivity contribution >= 4 is 12.0 Å². The lowest BCUT2D eigenvalue weighted by atomic mass is 10.2. The Kier molecular flexibility index (Phi) is 3.41. The zero-order chi connectivity index (χ0) is 11.4. The molecule has 0 saturated carbocycles. The summed E-state index contributed by atoms with van der Waals surface area (Å²) >= 11 is 0. The van der Waals surface area contributed by atoms with Crippen molar-refractivity contribution in [2.24, 2.45) is 0 Å². The summed E-state index contributed by atoms with van der Waals surface area (Å²) < 4.78 is 10.6. The molecular formula is C12H15NO3. The number of hydrogen-bond donors (Lipinski definition) is 0. The molecule has 1 aromatic carbocycles. The van der Waals surface area contributed by atoms with E-state index >= 15 is 0 Å². The summed E-state index contributed by atoms with van der Waals surface area (Å²) in [5.41, 5.74) is 1.66. The minimum Gasteiger partial charge on any atom is -0.495 e. The van der Waals surface area contributed by atoms with Gasteiger partial charge in [-0.2, -0.15) is 0 Å². The van der Waals surface area contributed by atoms with Gasteiger partial charge >= 0.3 is 0 Å². The Morgan fingerprint density at radius 2 is 2.12 bits per heavy atom. The molecule has 0 amide bonds. The van der Waals surface area contributed by atoms with Crippen LogP contribution in [0.3, 0.4) is 0 Å². The molecule has 4 nitrogen and oxygen atoms in total. The molecule has 0 aliphatic carbocycles. The maximum atomic E-state index is 10.7. The summed E-state index contributed by atoms with van der Waals surface area (Å²) in [5, 5.41) is 0. The van der Waals surface area contributed by atoms with E-state index in [1.807, 2.05) is 6.07 Å². The van der Waals surface area contributed by atoms with Crippen molar-refractivity contribution in [3.63, 3.8) is 0 Å². The number of aldehydes is 1. The van der Waals surface area contributed by atoms with Gasteiger partial charge in [0.2, 0.25) is 0 Å². The van der Waals surface area contributed by atoms with Gasteiger partial charge in [-0.25, -0.2) is 0 Å². The second-order valence-electron chi connectivity index (χ2n) is 3.65. The third-order valence-corrected chi connectivity index (χ3v) is 2.69. The Morgan fingerprint density at radius 1 is 1.38 bits per heavy atom. The molecular weight excluding hydrogens is 206 g/mol. The predicted octanol–water partition coefficient (Wildman–Crippen LogP) is 1.34. The van der Waals surface area contributed by atoms with Crippen LogP contribution in [0.2, 0.25) is 0 Å². The van der Waals surface area contributed by atoms with Crippen molar-refractivity contribution in [1.82, 2.24) is 0 Å². The normalized spacial score (nSPS) is 15.9. The van der Waals surface area contributed by atoms with Gasteiger partial charge in [-0.05, 0) is 18.2 Å². The van der Waals surface area contributed by atoms with E-state index in [0.29, 0.717) is 5.56 Å². The van der Waals surface area contributed by atoms with Gasteiger partial charge in [-0.15, -0.1) is 0 Å². The molecule has 1 aliphatic heterocycles. The first-order valence-corrected chi connectivity index (χ1v) is 5.31. The van der Waals surface area contributed by atoms with Crippen LogP contribution in [0, 0.1) is 0 Å². The largest absolute Gasteiger partial charge is 0.495 e. The Hall–Kier alpha value is -1.55. The minimum absolute atomic E-state index is 0.633. The quantitative estimate of drug-likeness (QED) is 0.722. The highest BCUT2D eigenvalue weighted by atomic mass is 16.5. The van der Waals surface area contributed by atoms with Crippen molar-refractivity contribution in [3.05, 3.63) is 23.8 Å². The highest BCUT2D eigenvalue weighted by Crippen LogP contribution is 2.29. The van der Waals surface area contributed by atoms with E-state index < -0.39 is 0 Å². The van der Waals surface area contributed by atoms with Crippen LogP contribution in [0.4, 0.5) is 5.69 Å². The average Bonchev–Trinajstić information content (AvgIpc) is 2.39. The number of rotatable bonds is 3. The van der Waals surface area contributed by atoms with Crippen molar-refractivity contribution in [2.75, 3.05) is 38.3 Å². The number of methoxy groups -OCH3 is 1. The molecule has 4 heteroatoms. The number of anilines is 1. The predicted molar refractivity (Wildman–Crippen MR) is 61.4 cm³/mol. The van der Waals surface area contributed by atoms with Gasteiger partial charge in [0.1, 0.15) is 12.0 Å². The van der Waals surface area contributed by atoms with Crippen LogP contribution in [0.15, 0.2) is 18.2 Å². The smallest absolute Gasteiger partial charge is 0.150 e. The van der Waals surface area contributed by atoms with Gasteiger partial charge < -0.3 is 14.4 Å². The van der Waals surface area contributed by atoms with E-state index in [-0.39, 0.29) is 0 Å². The highest BCUT2D eigenvalue weighted by molar-refractivity contribution is 5.78. The molecule has 0 N–H and O–H groups in total. The molecule has 0 spiro atoms. The molecule has 1 fully saturated rings. The van der Waals surface area contributed by atoms with Crippen LogP contribution in [0.1, 0.15) is 10.4 Å². The van der Waals surface area contributed by atoms with Crippen LogP contribution >= 0.6 is 0 Å². The number of nitrogens with zero attached hydrogens (tertiary/aromatic N) is 1. The van der Waals surface area contributed by atoms with Gasteiger partial charge in [0, 0.05) is 18.7 Å².